The number of rotatable bonds is 9. The first-order valence-corrected chi connectivity index (χ1v) is 8.74. The number of allylic oxidation sites excluding steroid dienone is 1. The topological polar surface area (TPSA) is 95.7 Å². The lowest BCUT2D eigenvalue weighted by atomic mass is 9.97. The van der Waals surface area contributed by atoms with Gasteiger partial charge in [0.25, 0.3) is 0 Å². The Morgan fingerprint density at radius 3 is 2.88 bits per heavy atom. The Labute approximate surface area is 153 Å². The molecule has 0 spiro atoms. The molecule has 0 aliphatic carbocycles. The van der Waals surface area contributed by atoms with Gasteiger partial charge in [0.05, 0.1) is 13.0 Å². The molecule has 1 atom stereocenters. The van der Waals surface area contributed by atoms with Crippen molar-refractivity contribution in [2.75, 3.05) is 26.7 Å². The SMILES string of the molecule is C=CCC[C@@H](CN1CCC(C(=O)O)CC1)Oc1ccnc(OC)c1C#N. The highest BCUT2D eigenvalue weighted by molar-refractivity contribution is 5.70. The number of piperidine rings is 1. The quantitative estimate of drug-likeness (QED) is 0.677. The van der Waals surface area contributed by atoms with E-state index in [1.807, 2.05) is 6.08 Å². The van der Waals surface area contributed by atoms with Gasteiger partial charge >= 0.3 is 5.97 Å². The molecule has 7 nitrogen and oxygen atoms in total. The first kappa shape index (κ1) is 19.7. The highest BCUT2D eigenvalue weighted by atomic mass is 16.5. The summed E-state index contributed by atoms with van der Waals surface area (Å²) in [6, 6.07) is 3.75. The molecule has 1 fully saturated rings. The monoisotopic (exact) mass is 359 g/mol. The van der Waals surface area contributed by atoms with Gasteiger partial charge in [-0.1, -0.05) is 6.08 Å². The van der Waals surface area contributed by atoms with E-state index >= 15 is 0 Å². The average Bonchev–Trinajstić information content (AvgIpc) is 2.66. The van der Waals surface area contributed by atoms with E-state index in [-0.39, 0.29) is 23.5 Å². The van der Waals surface area contributed by atoms with Crippen molar-refractivity contribution in [2.45, 2.75) is 31.8 Å². The van der Waals surface area contributed by atoms with Gasteiger partial charge in [-0.3, -0.25) is 9.69 Å². The van der Waals surface area contributed by atoms with Crippen molar-refractivity contribution in [3.05, 3.63) is 30.5 Å². The molecule has 1 aliphatic rings. The predicted octanol–water partition coefficient (Wildman–Crippen LogP) is 2.47. The number of nitrogens with zero attached hydrogens (tertiary/aromatic N) is 3. The Bertz CT molecular complexity index is 663. The number of carbonyl (C=O) groups is 1. The molecular formula is C19H25N3O4. The van der Waals surface area contributed by atoms with Gasteiger partial charge in [-0.15, -0.1) is 6.58 Å². The molecule has 1 aromatic rings. The zero-order chi connectivity index (χ0) is 18.9. The largest absolute Gasteiger partial charge is 0.487 e. The second kappa shape index (κ2) is 9.78. The second-order valence-corrected chi connectivity index (χ2v) is 6.32. The van der Waals surface area contributed by atoms with Gasteiger partial charge < -0.3 is 14.6 Å². The molecule has 0 aromatic carbocycles. The summed E-state index contributed by atoms with van der Waals surface area (Å²) in [6.45, 7) is 5.90. The van der Waals surface area contributed by atoms with Crippen LogP contribution in [0, 0.1) is 17.2 Å². The lowest BCUT2D eigenvalue weighted by molar-refractivity contribution is -0.143. The van der Waals surface area contributed by atoms with Crippen LogP contribution in [-0.2, 0) is 4.79 Å². The molecule has 1 aliphatic heterocycles. The summed E-state index contributed by atoms with van der Waals surface area (Å²) in [6.07, 6.45) is 6.11. The molecule has 0 unspecified atom stereocenters. The van der Waals surface area contributed by atoms with Gasteiger partial charge in [-0.05, 0) is 38.8 Å². The van der Waals surface area contributed by atoms with E-state index in [9.17, 15) is 10.1 Å². The van der Waals surface area contributed by atoms with Crippen LogP contribution in [0.1, 0.15) is 31.2 Å². The van der Waals surface area contributed by atoms with Crippen molar-refractivity contribution in [1.82, 2.24) is 9.88 Å². The Hall–Kier alpha value is -2.59. The van der Waals surface area contributed by atoms with E-state index in [0.29, 0.717) is 25.1 Å². The van der Waals surface area contributed by atoms with E-state index in [1.165, 1.54) is 7.11 Å². The van der Waals surface area contributed by atoms with Gasteiger partial charge in [0.15, 0.2) is 5.56 Å². The van der Waals surface area contributed by atoms with Crippen LogP contribution in [0.4, 0.5) is 0 Å². The molecule has 1 N–H and O–H groups in total. The average molecular weight is 359 g/mol. The first-order chi connectivity index (χ1) is 12.6. The van der Waals surface area contributed by atoms with Crippen LogP contribution >= 0.6 is 0 Å². The number of ether oxygens (including phenoxy) is 2. The Balaban J connectivity index is 2.05. The minimum atomic E-state index is -0.716. The number of hydrogen-bond donors (Lipinski definition) is 1. The summed E-state index contributed by atoms with van der Waals surface area (Å²) in [5.74, 6) is -0.274. The number of pyridine rings is 1. The Kier molecular flexibility index (Phi) is 7.42. The van der Waals surface area contributed by atoms with Gasteiger partial charge in [-0.2, -0.15) is 5.26 Å². The van der Waals surface area contributed by atoms with Crippen molar-refractivity contribution in [1.29, 1.82) is 5.26 Å². The van der Waals surface area contributed by atoms with E-state index in [0.717, 1.165) is 25.9 Å². The van der Waals surface area contributed by atoms with Gasteiger partial charge in [0.1, 0.15) is 17.9 Å². The zero-order valence-corrected chi connectivity index (χ0v) is 15.1. The zero-order valence-electron chi connectivity index (χ0n) is 15.1. The molecule has 0 radical (unpaired) electrons. The van der Waals surface area contributed by atoms with E-state index < -0.39 is 5.97 Å². The molecule has 140 valence electrons. The van der Waals surface area contributed by atoms with E-state index in [2.05, 4.69) is 22.5 Å². The fraction of sp³-hybridized carbons (Fsp3) is 0.526. The van der Waals surface area contributed by atoms with Crippen molar-refractivity contribution in [3.8, 4) is 17.7 Å². The standard InChI is InChI=1S/C19H25N3O4/c1-3-4-5-15(13-22-10-7-14(8-11-22)19(23)24)26-17-6-9-21-18(25-2)16(17)12-20/h3,6,9,14-15H,1,4-5,7-8,10-11,13H2,2H3,(H,23,24)/t15-/m0/s1. The third-order valence-corrected chi connectivity index (χ3v) is 4.57. The molecule has 1 aromatic heterocycles. The van der Waals surface area contributed by atoms with Crippen LogP contribution in [0.15, 0.2) is 24.9 Å². The minimum Gasteiger partial charge on any atom is -0.487 e. The van der Waals surface area contributed by atoms with Crippen molar-refractivity contribution in [3.63, 3.8) is 0 Å². The van der Waals surface area contributed by atoms with E-state index in [1.54, 1.807) is 12.3 Å². The Morgan fingerprint density at radius 1 is 1.58 bits per heavy atom. The number of carboxylic acids is 1. The third-order valence-electron chi connectivity index (χ3n) is 4.57. The minimum absolute atomic E-state index is 0.131. The normalized spacial score (nSPS) is 16.5. The number of aromatic nitrogens is 1. The maximum Gasteiger partial charge on any atom is 0.306 e. The summed E-state index contributed by atoms with van der Waals surface area (Å²) in [4.78, 5) is 17.3. The molecular weight excluding hydrogens is 334 g/mol. The number of methoxy groups -OCH3 is 1. The van der Waals surface area contributed by atoms with Crippen LogP contribution in [0.25, 0.3) is 0 Å². The van der Waals surface area contributed by atoms with Crippen molar-refractivity contribution >= 4 is 5.97 Å². The number of carboxylic acid groups (broad SMARTS) is 1. The first-order valence-electron chi connectivity index (χ1n) is 8.74. The number of nitriles is 1. The predicted molar refractivity (Wildman–Crippen MR) is 96.2 cm³/mol. The highest BCUT2D eigenvalue weighted by Gasteiger charge is 2.26. The van der Waals surface area contributed by atoms with Crippen LogP contribution in [0.5, 0.6) is 11.6 Å². The lowest BCUT2D eigenvalue weighted by Crippen LogP contribution is -2.42. The molecule has 26 heavy (non-hydrogen) atoms. The van der Waals surface area contributed by atoms with Gasteiger partial charge in [-0.25, -0.2) is 4.98 Å². The van der Waals surface area contributed by atoms with Crippen LogP contribution in [0.2, 0.25) is 0 Å². The molecule has 2 rings (SSSR count). The summed E-state index contributed by atoms with van der Waals surface area (Å²) in [5, 5.41) is 18.5. The van der Waals surface area contributed by atoms with E-state index in [4.69, 9.17) is 14.6 Å². The fourth-order valence-electron chi connectivity index (χ4n) is 3.10. The molecule has 2 heterocycles. The van der Waals surface area contributed by atoms with Gasteiger partial charge in [0.2, 0.25) is 5.88 Å². The highest BCUT2D eigenvalue weighted by Crippen LogP contribution is 2.27. The summed E-state index contributed by atoms with van der Waals surface area (Å²) < 4.78 is 11.2. The van der Waals surface area contributed by atoms with Crippen molar-refractivity contribution in [2.24, 2.45) is 5.92 Å². The smallest absolute Gasteiger partial charge is 0.306 e. The molecule has 0 saturated carbocycles. The third kappa shape index (κ3) is 5.20. The summed E-state index contributed by atoms with van der Waals surface area (Å²) in [5.41, 5.74) is 0.281. The van der Waals surface area contributed by atoms with Crippen LogP contribution in [-0.4, -0.2) is 53.8 Å². The fourth-order valence-corrected chi connectivity index (χ4v) is 3.10. The summed E-state index contributed by atoms with van der Waals surface area (Å²) in [7, 11) is 1.47. The molecule has 0 amide bonds. The number of aliphatic carboxylic acids is 1. The lowest BCUT2D eigenvalue weighted by Gasteiger charge is -2.33. The second-order valence-electron chi connectivity index (χ2n) is 6.32. The molecule has 7 heteroatoms. The maximum atomic E-state index is 11.1. The maximum absolute atomic E-state index is 11.1. The Morgan fingerprint density at radius 2 is 2.31 bits per heavy atom. The number of hydrogen-bond acceptors (Lipinski definition) is 6. The molecule has 0 bridgehead atoms. The summed E-state index contributed by atoms with van der Waals surface area (Å²) >= 11 is 0. The van der Waals surface area contributed by atoms with Crippen LogP contribution in [0.3, 0.4) is 0 Å². The van der Waals surface area contributed by atoms with Crippen molar-refractivity contribution < 1.29 is 19.4 Å². The molecule has 1 saturated heterocycles. The van der Waals surface area contributed by atoms with Crippen LogP contribution < -0.4 is 9.47 Å². The van der Waals surface area contributed by atoms with Gasteiger partial charge in [0, 0.05) is 18.8 Å². The number of likely N-dealkylation sites (tertiary alicyclic amines) is 1.